The van der Waals surface area contributed by atoms with Crippen molar-refractivity contribution in [2.24, 2.45) is 13.0 Å². The van der Waals surface area contributed by atoms with Crippen molar-refractivity contribution < 1.29 is 17.6 Å². The first-order valence-electron chi connectivity index (χ1n) is 9.55. The maximum atomic E-state index is 12.9. The minimum absolute atomic E-state index is 0.0307. The van der Waals surface area contributed by atoms with Crippen LogP contribution in [0.5, 0.6) is 0 Å². The van der Waals surface area contributed by atoms with Crippen LogP contribution in [0.25, 0.3) is 11.6 Å². The number of carbonyl (C=O) groups excluding carboxylic acids is 1. The number of piperidine rings is 1. The Kier molecular flexibility index (Phi) is 5.39. The van der Waals surface area contributed by atoms with Crippen LogP contribution in [0.1, 0.15) is 18.5 Å². The van der Waals surface area contributed by atoms with Crippen molar-refractivity contribution in [3.8, 4) is 11.6 Å². The van der Waals surface area contributed by atoms with E-state index < -0.39 is 15.9 Å². The van der Waals surface area contributed by atoms with Crippen molar-refractivity contribution in [2.45, 2.75) is 24.7 Å². The Hall–Kier alpha value is -3.05. The first-order chi connectivity index (χ1) is 14.3. The summed E-state index contributed by atoms with van der Waals surface area (Å²) in [4.78, 5) is 12.9. The topological polar surface area (TPSA) is 123 Å². The lowest BCUT2D eigenvalue weighted by Gasteiger charge is -2.30. The van der Waals surface area contributed by atoms with Crippen molar-refractivity contribution in [1.29, 1.82) is 0 Å². The summed E-state index contributed by atoms with van der Waals surface area (Å²) < 4.78 is 34.2. The van der Waals surface area contributed by atoms with E-state index in [9.17, 15) is 13.2 Å². The van der Waals surface area contributed by atoms with Crippen LogP contribution in [0.15, 0.2) is 45.7 Å². The molecule has 10 nitrogen and oxygen atoms in total. The van der Waals surface area contributed by atoms with E-state index in [1.54, 1.807) is 48.1 Å². The van der Waals surface area contributed by atoms with E-state index in [4.69, 9.17) is 4.42 Å². The average molecular weight is 430 g/mol. The number of hydrogen-bond acceptors (Lipinski definition) is 7. The zero-order valence-electron chi connectivity index (χ0n) is 16.6. The molecule has 0 aliphatic carbocycles. The number of sulfonamides is 1. The van der Waals surface area contributed by atoms with E-state index in [1.165, 1.54) is 4.31 Å². The molecule has 0 saturated carbocycles. The van der Waals surface area contributed by atoms with Gasteiger partial charge >= 0.3 is 6.01 Å². The molecule has 3 heterocycles. The Labute approximate surface area is 174 Å². The van der Waals surface area contributed by atoms with Crippen molar-refractivity contribution in [3.05, 3.63) is 42.1 Å². The minimum Gasteiger partial charge on any atom is -0.401 e. The summed E-state index contributed by atoms with van der Waals surface area (Å²) >= 11 is 0. The first kappa shape index (κ1) is 20.2. The smallest absolute Gasteiger partial charge is 0.322 e. The van der Waals surface area contributed by atoms with Gasteiger partial charge in [0.15, 0.2) is 0 Å². The molecule has 11 heteroatoms. The number of aryl methyl sites for hydroxylation is 2. The van der Waals surface area contributed by atoms with Gasteiger partial charge in [-0.05, 0) is 38.0 Å². The molecule has 158 valence electrons. The quantitative estimate of drug-likeness (QED) is 0.655. The fourth-order valence-corrected chi connectivity index (χ4v) is 5.06. The molecule has 0 bridgehead atoms. The fraction of sp³-hybridized carbons (Fsp3) is 0.368. The number of nitrogens with one attached hydrogen (secondary N) is 1. The molecule has 1 unspecified atom stereocenters. The van der Waals surface area contributed by atoms with Gasteiger partial charge in [-0.2, -0.15) is 9.40 Å². The first-order valence-corrected chi connectivity index (χ1v) is 11.0. The molecule has 3 aromatic rings. The number of amides is 1. The maximum absolute atomic E-state index is 12.9. The van der Waals surface area contributed by atoms with Gasteiger partial charge in [-0.15, -0.1) is 5.10 Å². The molecule has 1 fully saturated rings. The SMILES string of the molecule is Cc1cc(-c2nnc(NC(=O)C3CCCN(S(=O)(=O)c4ccccc4)C3)o2)n(C)n1. The Balaban J connectivity index is 1.45. The summed E-state index contributed by atoms with van der Waals surface area (Å²) in [7, 11) is -1.88. The Morgan fingerprint density at radius 2 is 2.00 bits per heavy atom. The third-order valence-corrected chi connectivity index (χ3v) is 6.89. The molecule has 1 aromatic carbocycles. The van der Waals surface area contributed by atoms with E-state index in [0.717, 1.165) is 5.69 Å². The number of carbonyl (C=O) groups is 1. The Morgan fingerprint density at radius 3 is 2.70 bits per heavy atom. The van der Waals surface area contributed by atoms with E-state index in [1.807, 2.05) is 6.92 Å². The number of benzene rings is 1. The number of nitrogens with zero attached hydrogens (tertiary/aromatic N) is 5. The third-order valence-electron chi connectivity index (χ3n) is 5.01. The highest BCUT2D eigenvalue weighted by Crippen LogP contribution is 2.25. The lowest BCUT2D eigenvalue weighted by Crippen LogP contribution is -2.43. The van der Waals surface area contributed by atoms with Gasteiger partial charge in [0, 0.05) is 20.1 Å². The van der Waals surface area contributed by atoms with Gasteiger partial charge < -0.3 is 4.42 Å². The molecule has 1 amide bonds. The lowest BCUT2D eigenvalue weighted by molar-refractivity contribution is -0.121. The summed E-state index contributed by atoms with van der Waals surface area (Å²) in [5.74, 6) is -0.615. The highest BCUT2D eigenvalue weighted by atomic mass is 32.2. The maximum Gasteiger partial charge on any atom is 0.322 e. The van der Waals surface area contributed by atoms with Crippen LogP contribution in [-0.2, 0) is 21.9 Å². The van der Waals surface area contributed by atoms with Gasteiger partial charge in [0.05, 0.1) is 16.5 Å². The normalized spacial score (nSPS) is 17.7. The van der Waals surface area contributed by atoms with Gasteiger partial charge in [-0.25, -0.2) is 8.42 Å². The molecule has 1 aliphatic rings. The predicted octanol–water partition coefficient (Wildman–Crippen LogP) is 1.82. The number of hydrogen-bond donors (Lipinski definition) is 1. The highest BCUT2D eigenvalue weighted by molar-refractivity contribution is 7.89. The molecule has 1 N–H and O–H groups in total. The largest absolute Gasteiger partial charge is 0.401 e. The average Bonchev–Trinajstić information content (AvgIpc) is 3.34. The molecule has 30 heavy (non-hydrogen) atoms. The fourth-order valence-electron chi connectivity index (χ4n) is 3.51. The van der Waals surface area contributed by atoms with Gasteiger partial charge in [0.1, 0.15) is 5.69 Å². The van der Waals surface area contributed by atoms with Crippen molar-refractivity contribution in [2.75, 3.05) is 18.4 Å². The standard InChI is InChI=1S/C19H22N6O4S/c1-13-11-16(24(2)23-13)18-21-22-19(29-18)20-17(26)14-7-6-10-25(12-14)30(27,28)15-8-4-3-5-9-15/h3-5,8-9,11,14H,6-7,10,12H2,1-2H3,(H,20,22,26). The molecular formula is C19H22N6O4S. The zero-order valence-corrected chi connectivity index (χ0v) is 17.5. The van der Waals surface area contributed by atoms with Crippen LogP contribution in [-0.4, -0.2) is 51.7 Å². The van der Waals surface area contributed by atoms with Crippen molar-refractivity contribution >= 4 is 21.9 Å². The summed E-state index contributed by atoms with van der Waals surface area (Å²) in [6.45, 7) is 2.33. The second kappa shape index (κ2) is 8.00. The Morgan fingerprint density at radius 1 is 1.23 bits per heavy atom. The minimum atomic E-state index is -3.64. The van der Waals surface area contributed by atoms with E-state index >= 15 is 0 Å². The van der Waals surface area contributed by atoms with E-state index in [-0.39, 0.29) is 29.3 Å². The molecular weight excluding hydrogens is 408 g/mol. The van der Waals surface area contributed by atoms with Gasteiger partial charge in [0.2, 0.25) is 15.9 Å². The van der Waals surface area contributed by atoms with Crippen LogP contribution < -0.4 is 5.32 Å². The number of anilines is 1. The lowest BCUT2D eigenvalue weighted by atomic mass is 9.99. The van der Waals surface area contributed by atoms with Crippen LogP contribution in [0.2, 0.25) is 0 Å². The second-order valence-corrected chi connectivity index (χ2v) is 9.15. The van der Waals surface area contributed by atoms with Gasteiger partial charge in [-0.1, -0.05) is 23.3 Å². The number of rotatable bonds is 5. The van der Waals surface area contributed by atoms with Crippen molar-refractivity contribution in [3.63, 3.8) is 0 Å². The monoisotopic (exact) mass is 430 g/mol. The van der Waals surface area contributed by atoms with Crippen molar-refractivity contribution in [1.82, 2.24) is 24.3 Å². The summed E-state index contributed by atoms with van der Waals surface area (Å²) in [5.41, 5.74) is 1.44. The number of aromatic nitrogens is 4. The molecule has 0 spiro atoms. The van der Waals surface area contributed by atoms with Gasteiger partial charge in [-0.3, -0.25) is 14.8 Å². The van der Waals surface area contributed by atoms with E-state index in [2.05, 4.69) is 20.6 Å². The highest BCUT2D eigenvalue weighted by Gasteiger charge is 2.33. The van der Waals surface area contributed by atoms with Crippen LogP contribution in [0, 0.1) is 12.8 Å². The van der Waals surface area contributed by atoms with Crippen LogP contribution in [0.4, 0.5) is 6.01 Å². The molecule has 1 saturated heterocycles. The summed E-state index contributed by atoms with van der Waals surface area (Å²) in [6, 6.07) is 9.99. The second-order valence-electron chi connectivity index (χ2n) is 7.21. The molecule has 0 radical (unpaired) electrons. The Bertz CT molecular complexity index is 1150. The van der Waals surface area contributed by atoms with Crippen LogP contribution in [0.3, 0.4) is 0 Å². The molecule has 1 aliphatic heterocycles. The predicted molar refractivity (Wildman–Crippen MR) is 108 cm³/mol. The summed E-state index contributed by atoms with van der Waals surface area (Å²) in [5, 5.41) is 14.7. The molecule has 2 aromatic heterocycles. The van der Waals surface area contributed by atoms with Gasteiger partial charge in [0.25, 0.3) is 5.89 Å². The van der Waals surface area contributed by atoms with E-state index in [0.29, 0.717) is 25.1 Å². The molecule has 1 atom stereocenters. The molecule has 4 rings (SSSR count). The summed E-state index contributed by atoms with van der Waals surface area (Å²) in [6.07, 6.45) is 1.17. The third kappa shape index (κ3) is 3.98. The zero-order chi connectivity index (χ0) is 21.3. The van der Waals surface area contributed by atoms with Crippen LogP contribution >= 0.6 is 0 Å².